The molecule has 1 aromatic carbocycles. The van der Waals surface area contributed by atoms with Gasteiger partial charge in [-0.15, -0.1) is 0 Å². The van der Waals surface area contributed by atoms with E-state index in [1.807, 2.05) is 0 Å². The molecule has 0 aliphatic carbocycles. The highest BCUT2D eigenvalue weighted by Gasteiger charge is 2.02. The Morgan fingerprint density at radius 1 is 1.00 bits per heavy atom. The van der Waals surface area contributed by atoms with Gasteiger partial charge in [-0.1, -0.05) is 44.2 Å². The molecule has 114 valence electrons. The molecule has 1 aromatic rings. The SMILES string of the molecule is CC(C)CCC(C)NCCOCCCc1ccccc1. The van der Waals surface area contributed by atoms with Crippen molar-refractivity contribution in [2.24, 2.45) is 5.92 Å². The highest BCUT2D eigenvalue weighted by molar-refractivity contribution is 5.14. The normalized spacial score (nSPS) is 12.8. The number of ether oxygens (including phenoxy) is 1. The molecule has 2 nitrogen and oxygen atoms in total. The number of aryl methyl sites for hydroxylation is 1. The summed E-state index contributed by atoms with van der Waals surface area (Å²) in [6.45, 7) is 9.46. The molecule has 1 unspecified atom stereocenters. The highest BCUT2D eigenvalue weighted by Crippen LogP contribution is 2.06. The Kier molecular flexibility index (Phi) is 9.35. The fraction of sp³-hybridized carbons (Fsp3) is 0.667. The molecule has 0 aliphatic heterocycles. The van der Waals surface area contributed by atoms with E-state index in [0.717, 1.165) is 38.5 Å². The third-order valence-electron chi connectivity index (χ3n) is 3.51. The lowest BCUT2D eigenvalue weighted by Gasteiger charge is -2.15. The fourth-order valence-corrected chi connectivity index (χ4v) is 2.19. The van der Waals surface area contributed by atoms with E-state index in [1.165, 1.54) is 18.4 Å². The van der Waals surface area contributed by atoms with Crippen LogP contribution in [0.15, 0.2) is 30.3 Å². The van der Waals surface area contributed by atoms with Crippen LogP contribution in [-0.4, -0.2) is 25.8 Å². The predicted molar refractivity (Wildman–Crippen MR) is 87.1 cm³/mol. The molecule has 0 heterocycles. The maximum Gasteiger partial charge on any atom is 0.0591 e. The van der Waals surface area contributed by atoms with Crippen molar-refractivity contribution in [3.05, 3.63) is 35.9 Å². The largest absolute Gasteiger partial charge is 0.380 e. The minimum absolute atomic E-state index is 0.602. The van der Waals surface area contributed by atoms with Gasteiger partial charge in [-0.2, -0.15) is 0 Å². The molecule has 0 bridgehead atoms. The van der Waals surface area contributed by atoms with Crippen LogP contribution in [0.1, 0.15) is 45.6 Å². The zero-order chi connectivity index (χ0) is 14.6. The number of nitrogens with one attached hydrogen (secondary N) is 1. The Morgan fingerprint density at radius 3 is 2.45 bits per heavy atom. The standard InChI is InChI=1S/C18H31NO/c1-16(2)11-12-17(3)19-13-15-20-14-7-10-18-8-5-4-6-9-18/h4-6,8-9,16-17,19H,7,10-15H2,1-3H3. The first-order valence-corrected chi connectivity index (χ1v) is 8.03. The zero-order valence-electron chi connectivity index (χ0n) is 13.4. The molecular formula is C18H31NO. The first-order chi connectivity index (χ1) is 9.68. The maximum absolute atomic E-state index is 5.67. The second kappa shape index (κ2) is 10.9. The van der Waals surface area contributed by atoms with Gasteiger partial charge in [-0.05, 0) is 44.1 Å². The van der Waals surface area contributed by atoms with Gasteiger partial charge in [0.2, 0.25) is 0 Å². The van der Waals surface area contributed by atoms with Crippen LogP contribution in [-0.2, 0) is 11.2 Å². The van der Waals surface area contributed by atoms with Crippen LogP contribution < -0.4 is 5.32 Å². The highest BCUT2D eigenvalue weighted by atomic mass is 16.5. The third-order valence-corrected chi connectivity index (χ3v) is 3.51. The topological polar surface area (TPSA) is 21.3 Å². The number of hydrogen-bond donors (Lipinski definition) is 1. The van der Waals surface area contributed by atoms with Crippen LogP contribution in [0, 0.1) is 5.92 Å². The Balaban J connectivity index is 1.90. The van der Waals surface area contributed by atoms with E-state index in [1.54, 1.807) is 0 Å². The summed E-state index contributed by atoms with van der Waals surface area (Å²) in [6, 6.07) is 11.2. The molecule has 1 atom stereocenters. The van der Waals surface area contributed by atoms with Crippen molar-refractivity contribution in [1.29, 1.82) is 0 Å². The summed E-state index contributed by atoms with van der Waals surface area (Å²) in [5.74, 6) is 0.800. The first kappa shape index (κ1) is 17.2. The van der Waals surface area contributed by atoms with Gasteiger partial charge in [0.15, 0.2) is 0 Å². The predicted octanol–water partition coefficient (Wildman–Crippen LogP) is 4.05. The molecule has 1 rings (SSSR count). The van der Waals surface area contributed by atoms with Gasteiger partial charge in [-0.25, -0.2) is 0 Å². The molecule has 2 heteroatoms. The Morgan fingerprint density at radius 2 is 1.75 bits per heavy atom. The lowest BCUT2D eigenvalue weighted by Crippen LogP contribution is -2.29. The van der Waals surface area contributed by atoms with Crippen molar-refractivity contribution < 1.29 is 4.74 Å². The molecule has 1 N–H and O–H groups in total. The van der Waals surface area contributed by atoms with Crippen LogP contribution in [0.4, 0.5) is 0 Å². The Labute approximate surface area is 124 Å². The minimum atomic E-state index is 0.602. The summed E-state index contributed by atoms with van der Waals surface area (Å²) in [4.78, 5) is 0. The molecule has 0 saturated carbocycles. The van der Waals surface area contributed by atoms with E-state index in [9.17, 15) is 0 Å². The van der Waals surface area contributed by atoms with Crippen molar-refractivity contribution in [2.75, 3.05) is 19.8 Å². The van der Waals surface area contributed by atoms with E-state index in [0.29, 0.717) is 6.04 Å². The van der Waals surface area contributed by atoms with Crippen LogP contribution in [0.5, 0.6) is 0 Å². The molecular weight excluding hydrogens is 246 g/mol. The zero-order valence-corrected chi connectivity index (χ0v) is 13.4. The van der Waals surface area contributed by atoms with E-state index in [4.69, 9.17) is 4.74 Å². The third kappa shape index (κ3) is 9.11. The van der Waals surface area contributed by atoms with Gasteiger partial charge >= 0.3 is 0 Å². The summed E-state index contributed by atoms with van der Waals surface area (Å²) >= 11 is 0. The monoisotopic (exact) mass is 277 g/mol. The second-order valence-electron chi connectivity index (χ2n) is 6.03. The lowest BCUT2D eigenvalue weighted by atomic mass is 10.0. The summed E-state index contributed by atoms with van der Waals surface area (Å²) in [7, 11) is 0. The average molecular weight is 277 g/mol. The van der Waals surface area contributed by atoms with Crippen LogP contribution in [0.2, 0.25) is 0 Å². The van der Waals surface area contributed by atoms with Crippen molar-refractivity contribution in [1.82, 2.24) is 5.32 Å². The average Bonchev–Trinajstić information content (AvgIpc) is 2.45. The van der Waals surface area contributed by atoms with Gasteiger partial charge in [0.1, 0.15) is 0 Å². The number of benzene rings is 1. The van der Waals surface area contributed by atoms with E-state index in [-0.39, 0.29) is 0 Å². The van der Waals surface area contributed by atoms with Gasteiger partial charge in [0.05, 0.1) is 6.61 Å². The Hall–Kier alpha value is -0.860. The van der Waals surface area contributed by atoms with E-state index >= 15 is 0 Å². The van der Waals surface area contributed by atoms with E-state index < -0.39 is 0 Å². The molecule has 0 aliphatic rings. The lowest BCUT2D eigenvalue weighted by molar-refractivity contribution is 0.131. The van der Waals surface area contributed by atoms with Crippen LogP contribution in [0.25, 0.3) is 0 Å². The smallest absolute Gasteiger partial charge is 0.0591 e. The molecule has 0 fully saturated rings. The number of hydrogen-bond acceptors (Lipinski definition) is 2. The van der Waals surface area contributed by atoms with Crippen LogP contribution in [0.3, 0.4) is 0 Å². The van der Waals surface area contributed by atoms with E-state index in [2.05, 4.69) is 56.4 Å². The quantitative estimate of drug-likeness (QED) is 0.616. The number of rotatable bonds is 11. The Bertz CT molecular complexity index is 323. The molecule has 0 saturated heterocycles. The summed E-state index contributed by atoms with van der Waals surface area (Å²) in [5.41, 5.74) is 1.40. The molecule has 0 radical (unpaired) electrons. The second-order valence-corrected chi connectivity index (χ2v) is 6.03. The maximum atomic E-state index is 5.67. The summed E-state index contributed by atoms with van der Waals surface area (Å²) < 4.78 is 5.67. The fourth-order valence-electron chi connectivity index (χ4n) is 2.19. The van der Waals surface area contributed by atoms with Crippen LogP contribution >= 0.6 is 0 Å². The molecule has 20 heavy (non-hydrogen) atoms. The van der Waals surface area contributed by atoms with Gasteiger partial charge in [0, 0.05) is 19.2 Å². The minimum Gasteiger partial charge on any atom is -0.380 e. The van der Waals surface area contributed by atoms with Gasteiger partial charge < -0.3 is 10.1 Å². The van der Waals surface area contributed by atoms with Crippen molar-refractivity contribution in [2.45, 2.75) is 52.5 Å². The molecule has 0 spiro atoms. The van der Waals surface area contributed by atoms with Gasteiger partial charge in [-0.3, -0.25) is 0 Å². The van der Waals surface area contributed by atoms with Gasteiger partial charge in [0.25, 0.3) is 0 Å². The molecule has 0 aromatic heterocycles. The van der Waals surface area contributed by atoms with Crippen molar-refractivity contribution in [3.63, 3.8) is 0 Å². The van der Waals surface area contributed by atoms with Crippen molar-refractivity contribution >= 4 is 0 Å². The summed E-state index contributed by atoms with van der Waals surface area (Å²) in [5, 5.41) is 3.52. The molecule has 0 amide bonds. The summed E-state index contributed by atoms with van der Waals surface area (Å²) in [6.07, 6.45) is 4.77. The van der Waals surface area contributed by atoms with Crippen molar-refractivity contribution in [3.8, 4) is 0 Å². The first-order valence-electron chi connectivity index (χ1n) is 8.03.